The second-order valence-electron chi connectivity index (χ2n) is 7.44. The first-order valence-electron chi connectivity index (χ1n) is 9.41. The van der Waals surface area contributed by atoms with E-state index < -0.39 is 17.8 Å². The number of carbonyl (C=O) groups is 2. The number of nitrogens with one attached hydrogen (secondary N) is 1. The molecule has 0 aliphatic heterocycles. The van der Waals surface area contributed by atoms with Crippen LogP contribution in [0, 0.1) is 11.8 Å². The van der Waals surface area contributed by atoms with Crippen molar-refractivity contribution in [1.82, 2.24) is 0 Å². The third-order valence-corrected chi connectivity index (χ3v) is 6.05. The fourth-order valence-electron chi connectivity index (χ4n) is 5.02. The van der Waals surface area contributed by atoms with Crippen LogP contribution in [-0.4, -0.2) is 11.9 Å². The summed E-state index contributed by atoms with van der Waals surface area (Å²) in [6, 6.07) is 24.9. The number of fused-ring (bicyclic) bond motifs is 1. The fraction of sp³-hybridized carbons (Fsp3) is 0.167. The summed E-state index contributed by atoms with van der Waals surface area (Å²) in [6.45, 7) is 0. The average Bonchev–Trinajstić information content (AvgIpc) is 2.73. The number of para-hydroxylation sites is 1. The second-order valence-corrected chi connectivity index (χ2v) is 7.44. The van der Waals surface area contributed by atoms with Gasteiger partial charge in [0.1, 0.15) is 0 Å². The molecule has 3 aromatic rings. The molecule has 0 spiro atoms. The molecule has 2 atom stereocenters. The van der Waals surface area contributed by atoms with Gasteiger partial charge in [-0.25, -0.2) is 0 Å². The van der Waals surface area contributed by atoms with Crippen LogP contribution < -0.4 is 10.4 Å². The third kappa shape index (κ3) is 2.38. The van der Waals surface area contributed by atoms with Gasteiger partial charge in [0.15, 0.2) is 0 Å². The molecule has 0 heterocycles. The van der Waals surface area contributed by atoms with Gasteiger partial charge >= 0.3 is 0 Å². The zero-order valence-corrected chi connectivity index (χ0v) is 15.0. The van der Waals surface area contributed by atoms with Crippen molar-refractivity contribution in [2.45, 2.75) is 11.8 Å². The maximum Gasteiger partial charge on any atom is 0.229 e. The quantitative estimate of drug-likeness (QED) is 0.773. The zero-order valence-electron chi connectivity index (χ0n) is 15.0. The predicted octanol–water partition coefficient (Wildman–Crippen LogP) is 2.90. The molecule has 1 N–H and O–H groups in total. The van der Waals surface area contributed by atoms with E-state index in [-0.39, 0.29) is 17.7 Å². The van der Waals surface area contributed by atoms with Gasteiger partial charge in [-0.05, 0) is 34.4 Å². The van der Waals surface area contributed by atoms with E-state index in [0.29, 0.717) is 5.69 Å². The minimum absolute atomic E-state index is 0.278. The third-order valence-electron chi connectivity index (χ3n) is 6.05. The van der Waals surface area contributed by atoms with E-state index in [1.54, 1.807) is 12.1 Å². The number of anilines is 1. The van der Waals surface area contributed by atoms with Gasteiger partial charge in [0, 0.05) is 29.4 Å². The minimum Gasteiger partial charge on any atom is -0.550 e. The topological polar surface area (TPSA) is 69.2 Å². The lowest BCUT2D eigenvalue weighted by Crippen LogP contribution is -2.52. The van der Waals surface area contributed by atoms with Crippen molar-refractivity contribution in [3.63, 3.8) is 0 Å². The molecular weight excluding hydrogens is 350 g/mol. The van der Waals surface area contributed by atoms with E-state index in [2.05, 4.69) is 5.32 Å². The predicted molar refractivity (Wildman–Crippen MR) is 104 cm³/mol. The van der Waals surface area contributed by atoms with Crippen molar-refractivity contribution in [3.8, 4) is 0 Å². The molecule has 2 bridgehead atoms. The molecule has 0 saturated heterocycles. The number of rotatable bonds is 3. The molecule has 6 rings (SSSR count). The van der Waals surface area contributed by atoms with Gasteiger partial charge in [0.2, 0.25) is 5.91 Å². The maximum absolute atomic E-state index is 13.3. The smallest absolute Gasteiger partial charge is 0.229 e. The lowest BCUT2D eigenvalue weighted by atomic mass is 9.54. The highest BCUT2D eigenvalue weighted by molar-refractivity contribution is 5.97. The van der Waals surface area contributed by atoms with Crippen LogP contribution in [-0.2, 0) is 9.59 Å². The first-order valence-corrected chi connectivity index (χ1v) is 9.41. The molecule has 0 saturated carbocycles. The van der Waals surface area contributed by atoms with Crippen LogP contribution in [0.4, 0.5) is 5.69 Å². The van der Waals surface area contributed by atoms with Crippen LogP contribution in [0.2, 0.25) is 0 Å². The van der Waals surface area contributed by atoms with E-state index in [9.17, 15) is 14.7 Å². The van der Waals surface area contributed by atoms with Crippen molar-refractivity contribution in [3.05, 3.63) is 101 Å². The van der Waals surface area contributed by atoms with E-state index in [1.165, 1.54) is 0 Å². The lowest BCUT2D eigenvalue weighted by Gasteiger charge is -2.50. The fourth-order valence-corrected chi connectivity index (χ4v) is 5.02. The molecule has 0 fully saturated rings. The summed E-state index contributed by atoms with van der Waals surface area (Å²) in [4.78, 5) is 25.5. The summed E-state index contributed by atoms with van der Waals surface area (Å²) in [5, 5.41) is 15.2. The summed E-state index contributed by atoms with van der Waals surface area (Å²) in [5.74, 6) is -3.76. The van der Waals surface area contributed by atoms with Crippen LogP contribution in [0.5, 0.6) is 0 Å². The molecule has 0 radical (unpaired) electrons. The highest BCUT2D eigenvalue weighted by Crippen LogP contribution is 2.58. The van der Waals surface area contributed by atoms with Crippen molar-refractivity contribution < 1.29 is 14.7 Å². The van der Waals surface area contributed by atoms with Crippen LogP contribution >= 0.6 is 0 Å². The Labute approximate surface area is 162 Å². The first kappa shape index (κ1) is 16.8. The Kier molecular flexibility index (Phi) is 3.79. The molecule has 3 aliphatic carbocycles. The Bertz CT molecular complexity index is 1030. The highest BCUT2D eigenvalue weighted by Gasteiger charge is 2.52. The highest BCUT2D eigenvalue weighted by atomic mass is 16.4. The Morgan fingerprint density at radius 2 is 1.07 bits per heavy atom. The summed E-state index contributed by atoms with van der Waals surface area (Å²) in [6.07, 6.45) is 0. The second kappa shape index (κ2) is 6.34. The Morgan fingerprint density at radius 3 is 1.54 bits per heavy atom. The number of hydrogen-bond donors (Lipinski definition) is 1. The van der Waals surface area contributed by atoms with Crippen LogP contribution in [0.3, 0.4) is 0 Å². The van der Waals surface area contributed by atoms with E-state index in [0.717, 1.165) is 22.3 Å². The van der Waals surface area contributed by atoms with Gasteiger partial charge in [-0.15, -0.1) is 0 Å². The molecule has 0 unspecified atom stereocenters. The Morgan fingerprint density at radius 1 is 0.643 bits per heavy atom. The number of aliphatic carboxylic acids is 1. The minimum atomic E-state index is -1.17. The molecule has 3 aliphatic rings. The monoisotopic (exact) mass is 368 g/mol. The van der Waals surface area contributed by atoms with Gasteiger partial charge < -0.3 is 15.2 Å². The summed E-state index contributed by atoms with van der Waals surface area (Å²) >= 11 is 0. The van der Waals surface area contributed by atoms with Crippen LogP contribution in [0.1, 0.15) is 34.1 Å². The van der Waals surface area contributed by atoms with Crippen molar-refractivity contribution in [2.75, 3.05) is 5.32 Å². The molecular formula is C24H18NO3-. The lowest BCUT2D eigenvalue weighted by molar-refractivity contribution is -0.314. The molecule has 0 aromatic heterocycles. The standard InChI is InChI=1S/C24H19NO3/c26-23(25-14-8-2-1-3-9-14)21-19-15-10-4-6-12-17(15)20(22(21)24(27)28)18-13-7-5-11-16(18)19/h1-13,19-22H,(H,25,26)(H,27,28)/p-1/t19?,20?,21-,22-/m1/s1. The van der Waals surface area contributed by atoms with E-state index in [4.69, 9.17) is 0 Å². The van der Waals surface area contributed by atoms with Crippen molar-refractivity contribution in [2.24, 2.45) is 11.8 Å². The van der Waals surface area contributed by atoms with Crippen molar-refractivity contribution >= 4 is 17.6 Å². The van der Waals surface area contributed by atoms with Gasteiger partial charge in [0.05, 0.1) is 5.92 Å². The number of carbonyl (C=O) groups excluding carboxylic acids is 2. The van der Waals surface area contributed by atoms with Gasteiger partial charge in [0.25, 0.3) is 0 Å². The molecule has 4 heteroatoms. The largest absolute Gasteiger partial charge is 0.550 e. The Hall–Kier alpha value is -3.40. The number of amides is 1. The number of benzene rings is 3. The normalized spacial score (nSPS) is 24.1. The van der Waals surface area contributed by atoms with Gasteiger partial charge in [-0.3, -0.25) is 4.79 Å². The molecule has 3 aromatic carbocycles. The first-order chi connectivity index (χ1) is 13.7. The van der Waals surface area contributed by atoms with Gasteiger partial charge in [-0.2, -0.15) is 0 Å². The summed E-state index contributed by atoms with van der Waals surface area (Å²) in [7, 11) is 0. The zero-order chi connectivity index (χ0) is 19.3. The molecule has 28 heavy (non-hydrogen) atoms. The van der Waals surface area contributed by atoms with Crippen molar-refractivity contribution in [1.29, 1.82) is 0 Å². The summed E-state index contributed by atoms with van der Waals surface area (Å²) in [5.41, 5.74) is 4.72. The average molecular weight is 368 g/mol. The van der Waals surface area contributed by atoms with Crippen LogP contribution in [0.15, 0.2) is 78.9 Å². The van der Waals surface area contributed by atoms with Crippen LogP contribution in [0.25, 0.3) is 0 Å². The molecule has 1 amide bonds. The van der Waals surface area contributed by atoms with Gasteiger partial charge in [-0.1, -0.05) is 66.7 Å². The number of carboxylic acids is 1. The summed E-state index contributed by atoms with van der Waals surface area (Å²) < 4.78 is 0. The molecule has 138 valence electrons. The van der Waals surface area contributed by atoms with E-state index >= 15 is 0 Å². The molecule has 4 nitrogen and oxygen atoms in total. The SMILES string of the molecule is O=C([O-])[C@@H]1C2c3ccccc3C(c3ccccc32)[C@H]1C(=O)Nc1ccccc1. The van der Waals surface area contributed by atoms with E-state index in [1.807, 2.05) is 66.7 Å². The maximum atomic E-state index is 13.3. The number of hydrogen-bond acceptors (Lipinski definition) is 3. The number of carboxylic acid groups (broad SMARTS) is 1. The Balaban J connectivity index is 1.67.